The number of Topliss-reactive ketones (excluding diaryl/α,β-unsaturated/α-hetero) is 1. The van der Waals surface area contributed by atoms with Gasteiger partial charge in [-0.15, -0.1) is 0 Å². The number of nitrogens with one attached hydrogen (secondary N) is 1. The molecule has 1 aliphatic heterocycles. The normalized spacial score (nSPS) is 18.4. The molecule has 0 radical (unpaired) electrons. The molecule has 0 saturated carbocycles. The average Bonchev–Trinajstić information content (AvgIpc) is 2.31. The molecule has 1 rings (SSSR count). The molecule has 1 saturated heterocycles. The molecule has 0 aromatic carbocycles. The summed E-state index contributed by atoms with van der Waals surface area (Å²) >= 11 is 0. The molecule has 1 heterocycles. The van der Waals surface area contributed by atoms with Crippen molar-refractivity contribution < 1.29 is 19.5 Å². The van der Waals surface area contributed by atoms with Crippen molar-refractivity contribution in [1.82, 2.24) is 10.2 Å². The quantitative estimate of drug-likeness (QED) is 0.699. The smallest absolute Gasteiger partial charge is 0.325 e. The molecule has 18 heavy (non-hydrogen) atoms. The number of carbonyl (C=O) groups is 3. The van der Waals surface area contributed by atoms with Crippen LogP contribution in [0.15, 0.2) is 0 Å². The van der Waals surface area contributed by atoms with Gasteiger partial charge >= 0.3 is 5.97 Å². The molecule has 6 nitrogen and oxygen atoms in total. The fourth-order valence-electron chi connectivity index (χ4n) is 1.86. The highest BCUT2D eigenvalue weighted by atomic mass is 16.4. The van der Waals surface area contributed by atoms with E-state index in [2.05, 4.69) is 10.2 Å². The van der Waals surface area contributed by atoms with Crippen LogP contribution in [-0.2, 0) is 14.4 Å². The molecular weight excluding hydrogens is 236 g/mol. The third kappa shape index (κ3) is 5.27. The first-order chi connectivity index (χ1) is 8.49. The maximum atomic E-state index is 11.4. The van der Waals surface area contributed by atoms with Gasteiger partial charge in [0.1, 0.15) is 11.8 Å². The zero-order valence-corrected chi connectivity index (χ0v) is 10.6. The van der Waals surface area contributed by atoms with Crippen molar-refractivity contribution in [2.75, 3.05) is 19.6 Å². The van der Waals surface area contributed by atoms with Gasteiger partial charge in [-0.2, -0.15) is 0 Å². The van der Waals surface area contributed by atoms with E-state index in [4.69, 9.17) is 5.11 Å². The highest BCUT2D eigenvalue weighted by Gasteiger charge is 2.17. The first-order valence-electron chi connectivity index (χ1n) is 6.25. The number of aliphatic carboxylic acids is 1. The van der Waals surface area contributed by atoms with Crippen LogP contribution in [0.1, 0.15) is 32.6 Å². The van der Waals surface area contributed by atoms with Crippen LogP contribution in [0.5, 0.6) is 0 Å². The first-order valence-corrected chi connectivity index (χ1v) is 6.25. The Hall–Kier alpha value is -1.43. The van der Waals surface area contributed by atoms with Gasteiger partial charge in [0, 0.05) is 32.4 Å². The highest BCUT2D eigenvalue weighted by Crippen LogP contribution is 2.06. The van der Waals surface area contributed by atoms with E-state index in [0.717, 1.165) is 19.6 Å². The van der Waals surface area contributed by atoms with E-state index in [-0.39, 0.29) is 5.91 Å². The van der Waals surface area contributed by atoms with Crippen molar-refractivity contribution >= 4 is 17.7 Å². The summed E-state index contributed by atoms with van der Waals surface area (Å²) in [5.74, 6) is -0.963. The van der Waals surface area contributed by atoms with Crippen molar-refractivity contribution in [3.8, 4) is 0 Å². The van der Waals surface area contributed by atoms with Gasteiger partial charge in [0.05, 0.1) is 0 Å². The third-order valence-corrected chi connectivity index (χ3v) is 3.04. The first kappa shape index (κ1) is 14.6. The molecule has 0 spiro atoms. The summed E-state index contributed by atoms with van der Waals surface area (Å²) in [4.78, 5) is 35.1. The van der Waals surface area contributed by atoms with Gasteiger partial charge in [-0.25, -0.2) is 0 Å². The number of hydrogen-bond acceptors (Lipinski definition) is 4. The van der Waals surface area contributed by atoms with Crippen molar-refractivity contribution in [3.63, 3.8) is 0 Å². The summed E-state index contributed by atoms with van der Waals surface area (Å²) in [6, 6.07) is -0.842. The van der Waals surface area contributed by atoms with E-state index in [1.54, 1.807) is 0 Å². The van der Waals surface area contributed by atoms with E-state index in [9.17, 15) is 14.4 Å². The molecule has 1 fully saturated rings. The number of rotatable bonds is 6. The van der Waals surface area contributed by atoms with Crippen molar-refractivity contribution in [1.29, 1.82) is 0 Å². The molecular formula is C12H20N2O4. The van der Waals surface area contributed by atoms with E-state index >= 15 is 0 Å². The second-order valence-electron chi connectivity index (χ2n) is 4.61. The van der Waals surface area contributed by atoms with Gasteiger partial charge in [0.15, 0.2) is 0 Å². The lowest BCUT2D eigenvalue weighted by Gasteiger charge is -2.25. The summed E-state index contributed by atoms with van der Waals surface area (Å²) in [6.45, 7) is 3.76. The molecule has 1 unspecified atom stereocenters. The van der Waals surface area contributed by atoms with Crippen LogP contribution in [0.3, 0.4) is 0 Å². The fraction of sp³-hybridized carbons (Fsp3) is 0.750. The largest absolute Gasteiger partial charge is 0.480 e. The minimum Gasteiger partial charge on any atom is -0.480 e. The van der Waals surface area contributed by atoms with Gasteiger partial charge < -0.3 is 15.3 Å². The van der Waals surface area contributed by atoms with Crippen molar-refractivity contribution in [3.05, 3.63) is 0 Å². The van der Waals surface area contributed by atoms with Crippen LogP contribution < -0.4 is 5.32 Å². The molecule has 0 aromatic rings. The number of piperidine rings is 1. The van der Waals surface area contributed by atoms with E-state index < -0.39 is 12.0 Å². The van der Waals surface area contributed by atoms with Crippen LogP contribution in [-0.4, -0.2) is 53.3 Å². The number of carboxylic acid groups (broad SMARTS) is 1. The molecule has 1 atom stereocenters. The van der Waals surface area contributed by atoms with Crippen LogP contribution in [0, 0.1) is 0 Å². The Morgan fingerprint density at radius 1 is 1.39 bits per heavy atom. The van der Waals surface area contributed by atoms with Crippen molar-refractivity contribution in [2.45, 2.75) is 38.6 Å². The number of carboxylic acids is 1. The Bertz CT molecular complexity index is 320. The van der Waals surface area contributed by atoms with Crippen LogP contribution in [0.4, 0.5) is 0 Å². The maximum Gasteiger partial charge on any atom is 0.325 e. The number of hydrogen-bond donors (Lipinski definition) is 2. The number of nitrogens with zero attached hydrogens (tertiary/aromatic N) is 1. The number of amides is 1. The molecule has 6 heteroatoms. The minimum atomic E-state index is -1.03. The zero-order valence-electron chi connectivity index (χ0n) is 10.6. The molecule has 0 bridgehead atoms. The Kier molecular flexibility index (Phi) is 5.77. The van der Waals surface area contributed by atoms with E-state index in [1.807, 2.05) is 0 Å². The molecule has 102 valence electrons. The van der Waals surface area contributed by atoms with Crippen LogP contribution >= 0.6 is 0 Å². The predicted molar refractivity (Wildman–Crippen MR) is 65.2 cm³/mol. The number of ketones is 1. The summed E-state index contributed by atoms with van der Waals surface area (Å²) in [5, 5.41) is 11.0. The third-order valence-electron chi connectivity index (χ3n) is 3.04. The Morgan fingerprint density at radius 3 is 2.56 bits per heavy atom. The van der Waals surface area contributed by atoms with Crippen LogP contribution in [0.25, 0.3) is 0 Å². The Labute approximate surface area is 106 Å². The lowest BCUT2D eigenvalue weighted by Crippen LogP contribution is -2.39. The number of likely N-dealkylation sites (tertiary alicyclic amines) is 1. The highest BCUT2D eigenvalue weighted by molar-refractivity contribution is 5.83. The standard InChI is InChI=1S/C12H20N2O4/c1-9(12(17)18)13-11(16)3-2-6-14-7-4-10(15)5-8-14/h9H,2-8H2,1H3,(H,13,16)(H,17,18). The lowest BCUT2D eigenvalue weighted by atomic mass is 10.1. The summed E-state index contributed by atoms with van der Waals surface area (Å²) in [6.07, 6.45) is 2.21. The van der Waals surface area contributed by atoms with Gasteiger partial charge in [0.25, 0.3) is 0 Å². The van der Waals surface area contributed by atoms with Crippen molar-refractivity contribution in [2.24, 2.45) is 0 Å². The second-order valence-corrected chi connectivity index (χ2v) is 4.61. The predicted octanol–water partition coefficient (Wildman–Crippen LogP) is 0.0208. The monoisotopic (exact) mass is 256 g/mol. The molecule has 0 aromatic heterocycles. The Balaban J connectivity index is 2.12. The number of carbonyl (C=O) groups excluding carboxylic acids is 2. The van der Waals surface area contributed by atoms with Gasteiger partial charge in [-0.3, -0.25) is 14.4 Å². The zero-order chi connectivity index (χ0) is 13.5. The van der Waals surface area contributed by atoms with Gasteiger partial charge in [-0.1, -0.05) is 0 Å². The fourth-order valence-corrected chi connectivity index (χ4v) is 1.86. The topological polar surface area (TPSA) is 86.7 Å². The SMILES string of the molecule is CC(NC(=O)CCCN1CCC(=O)CC1)C(=O)O. The lowest BCUT2D eigenvalue weighted by molar-refractivity contribution is -0.141. The maximum absolute atomic E-state index is 11.4. The summed E-state index contributed by atoms with van der Waals surface area (Å²) < 4.78 is 0. The summed E-state index contributed by atoms with van der Waals surface area (Å²) in [5.41, 5.74) is 0. The molecule has 2 N–H and O–H groups in total. The van der Waals surface area contributed by atoms with E-state index in [1.165, 1.54) is 6.92 Å². The summed E-state index contributed by atoms with van der Waals surface area (Å²) in [7, 11) is 0. The van der Waals surface area contributed by atoms with Gasteiger partial charge in [-0.05, 0) is 19.9 Å². The Morgan fingerprint density at radius 2 is 2.00 bits per heavy atom. The van der Waals surface area contributed by atoms with E-state index in [0.29, 0.717) is 31.5 Å². The molecule has 1 aliphatic rings. The molecule has 1 amide bonds. The van der Waals surface area contributed by atoms with Crippen LogP contribution in [0.2, 0.25) is 0 Å². The van der Waals surface area contributed by atoms with Gasteiger partial charge in [0.2, 0.25) is 5.91 Å². The molecule has 0 aliphatic carbocycles. The average molecular weight is 256 g/mol. The second kappa shape index (κ2) is 7.10. The minimum absolute atomic E-state index is 0.238.